The molecule has 0 N–H and O–H groups in total. The van der Waals surface area contributed by atoms with Crippen LogP contribution in [0.1, 0.15) is 19.8 Å². The molecule has 0 aromatic heterocycles. The minimum absolute atomic E-state index is 0.529. The monoisotopic (exact) mass is 249 g/mol. The van der Waals surface area contributed by atoms with Crippen molar-refractivity contribution in [1.29, 1.82) is 0 Å². The average molecular weight is 250 g/mol. The summed E-state index contributed by atoms with van der Waals surface area (Å²) in [6.45, 7) is 4.24. The number of methoxy groups -OCH3 is 1. The summed E-state index contributed by atoms with van der Waals surface area (Å²) in [5, 5.41) is 1.14. The van der Waals surface area contributed by atoms with Gasteiger partial charge in [-0.2, -0.15) is 0 Å². The van der Waals surface area contributed by atoms with Crippen molar-refractivity contribution in [2.75, 3.05) is 32.6 Å². The van der Waals surface area contributed by atoms with Gasteiger partial charge in [0, 0.05) is 25.0 Å². The Kier molecular flexibility index (Phi) is 4.20. The average Bonchev–Trinajstić information content (AvgIpc) is 2.86. The lowest BCUT2D eigenvalue weighted by Crippen LogP contribution is -2.37. The summed E-state index contributed by atoms with van der Waals surface area (Å²) in [7, 11) is 3.95. The predicted octanol–water partition coefficient (Wildman–Crippen LogP) is 2.13. The fraction of sp³-hybridized carbons (Fsp3) is 1.00. The molecule has 2 nitrogen and oxygen atoms in total. The maximum atomic E-state index is 5.14. The van der Waals surface area contributed by atoms with Gasteiger partial charge in [0.2, 0.25) is 0 Å². The fourth-order valence-electron chi connectivity index (χ4n) is 1.56. The molecule has 1 unspecified atom stereocenters. The largest absolute Gasteiger partial charge is 0.383 e. The van der Waals surface area contributed by atoms with Gasteiger partial charge in [-0.05, 0) is 32.2 Å². The molecule has 1 aliphatic rings. The number of nitrogens with zero attached hydrogens (tertiary/aromatic N) is 1. The zero-order chi connectivity index (χ0) is 9.90. The van der Waals surface area contributed by atoms with Gasteiger partial charge in [0.25, 0.3) is 0 Å². The van der Waals surface area contributed by atoms with Crippen molar-refractivity contribution >= 4 is 15.9 Å². The maximum Gasteiger partial charge on any atom is 0.0615 e. The first kappa shape index (κ1) is 11.5. The van der Waals surface area contributed by atoms with E-state index in [0.717, 1.165) is 11.9 Å². The number of rotatable bonds is 6. The van der Waals surface area contributed by atoms with E-state index < -0.39 is 0 Å². The molecule has 0 aliphatic heterocycles. The van der Waals surface area contributed by atoms with E-state index >= 15 is 0 Å². The molecule has 1 saturated carbocycles. The van der Waals surface area contributed by atoms with Crippen LogP contribution in [0.2, 0.25) is 0 Å². The van der Waals surface area contributed by atoms with Crippen LogP contribution in [-0.2, 0) is 4.74 Å². The van der Waals surface area contributed by atoms with Crippen LogP contribution in [0.5, 0.6) is 0 Å². The van der Waals surface area contributed by atoms with Crippen molar-refractivity contribution in [3.05, 3.63) is 0 Å². The van der Waals surface area contributed by atoms with E-state index in [2.05, 4.69) is 34.8 Å². The third-order valence-electron chi connectivity index (χ3n) is 2.99. The summed E-state index contributed by atoms with van der Waals surface area (Å²) in [6, 6.07) is 0.529. The number of ether oxygens (including phenoxy) is 1. The summed E-state index contributed by atoms with van der Waals surface area (Å²) in [5.74, 6) is 0. The molecule has 13 heavy (non-hydrogen) atoms. The number of hydrogen-bond acceptors (Lipinski definition) is 2. The molecule has 1 fully saturated rings. The molecule has 0 heterocycles. The number of alkyl halides is 1. The van der Waals surface area contributed by atoms with E-state index in [0.29, 0.717) is 11.5 Å². The minimum atomic E-state index is 0.529. The Labute approximate surface area is 89.8 Å². The summed E-state index contributed by atoms with van der Waals surface area (Å²) in [6.07, 6.45) is 2.75. The predicted molar refractivity (Wildman–Crippen MR) is 59.4 cm³/mol. The molecular formula is C10H20BrNO. The van der Waals surface area contributed by atoms with Gasteiger partial charge in [-0.25, -0.2) is 0 Å². The van der Waals surface area contributed by atoms with Crippen LogP contribution in [0.4, 0.5) is 0 Å². The first-order valence-corrected chi connectivity index (χ1v) is 6.01. The summed E-state index contributed by atoms with van der Waals surface area (Å²) in [5.41, 5.74) is 0.580. The van der Waals surface area contributed by atoms with Gasteiger partial charge >= 0.3 is 0 Å². The van der Waals surface area contributed by atoms with Crippen LogP contribution in [-0.4, -0.2) is 43.6 Å². The second-order valence-electron chi connectivity index (χ2n) is 4.35. The Hall–Kier alpha value is 0.400. The van der Waals surface area contributed by atoms with E-state index in [1.54, 1.807) is 7.11 Å². The third kappa shape index (κ3) is 3.22. The highest BCUT2D eigenvalue weighted by Gasteiger charge is 2.42. The second-order valence-corrected chi connectivity index (χ2v) is 4.91. The molecule has 0 amide bonds. The van der Waals surface area contributed by atoms with Gasteiger partial charge in [-0.15, -0.1) is 0 Å². The van der Waals surface area contributed by atoms with E-state index in [1.165, 1.54) is 19.4 Å². The highest BCUT2D eigenvalue weighted by molar-refractivity contribution is 9.09. The van der Waals surface area contributed by atoms with Crippen molar-refractivity contribution in [2.24, 2.45) is 5.41 Å². The molecular weight excluding hydrogens is 230 g/mol. The van der Waals surface area contributed by atoms with E-state index in [-0.39, 0.29) is 0 Å². The van der Waals surface area contributed by atoms with E-state index in [4.69, 9.17) is 4.74 Å². The molecule has 78 valence electrons. The fourth-order valence-corrected chi connectivity index (χ4v) is 2.30. The Morgan fingerprint density at radius 1 is 1.54 bits per heavy atom. The highest BCUT2D eigenvalue weighted by atomic mass is 79.9. The van der Waals surface area contributed by atoms with Crippen LogP contribution < -0.4 is 0 Å². The topological polar surface area (TPSA) is 12.5 Å². The van der Waals surface area contributed by atoms with Crippen molar-refractivity contribution < 1.29 is 4.74 Å². The lowest BCUT2D eigenvalue weighted by atomic mass is 10.1. The van der Waals surface area contributed by atoms with E-state index in [1.807, 2.05) is 0 Å². The molecule has 0 bridgehead atoms. The molecule has 3 heteroatoms. The minimum Gasteiger partial charge on any atom is -0.383 e. The molecule has 1 aliphatic carbocycles. The van der Waals surface area contributed by atoms with Crippen molar-refractivity contribution in [1.82, 2.24) is 4.90 Å². The van der Waals surface area contributed by atoms with E-state index in [9.17, 15) is 0 Å². The third-order valence-corrected chi connectivity index (χ3v) is 4.18. The standard InChI is InChI=1S/C10H20BrNO/c1-9(6-13-3)12(2)8-10(7-11)4-5-10/h9H,4-8H2,1-3H3. The van der Waals surface area contributed by atoms with Crippen molar-refractivity contribution in [3.8, 4) is 0 Å². The first-order valence-electron chi connectivity index (χ1n) is 4.89. The lowest BCUT2D eigenvalue weighted by Gasteiger charge is -2.27. The SMILES string of the molecule is COCC(C)N(C)CC1(CBr)CC1. The summed E-state index contributed by atoms with van der Waals surface area (Å²) < 4.78 is 5.14. The Morgan fingerprint density at radius 2 is 2.15 bits per heavy atom. The van der Waals surface area contributed by atoms with Crippen molar-refractivity contribution in [3.63, 3.8) is 0 Å². The Morgan fingerprint density at radius 3 is 2.54 bits per heavy atom. The van der Waals surface area contributed by atoms with Crippen LogP contribution in [0.25, 0.3) is 0 Å². The van der Waals surface area contributed by atoms with Crippen LogP contribution in [0.15, 0.2) is 0 Å². The highest BCUT2D eigenvalue weighted by Crippen LogP contribution is 2.47. The maximum absolute atomic E-state index is 5.14. The second kappa shape index (κ2) is 4.76. The van der Waals surface area contributed by atoms with Gasteiger partial charge in [-0.1, -0.05) is 15.9 Å². The van der Waals surface area contributed by atoms with Gasteiger partial charge in [-0.3, -0.25) is 0 Å². The van der Waals surface area contributed by atoms with Crippen molar-refractivity contribution in [2.45, 2.75) is 25.8 Å². The van der Waals surface area contributed by atoms with Gasteiger partial charge in [0.05, 0.1) is 6.61 Å². The zero-order valence-corrected chi connectivity index (χ0v) is 10.4. The Bertz CT molecular complexity index is 159. The smallest absolute Gasteiger partial charge is 0.0615 e. The number of likely N-dealkylation sites (N-methyl/N-ethyl adjacent to an activating group) is 1. The molecule has 0 aromatic carbocycles. The Balaban J connectivity index is 2.27. The van der Waals surface area contributed by atoms with Crippen LogP contribution in [0.3, 0.4) is 0 Å². The van der Waals surface area contributed by atoms with Gasteiger partial charge in [0.15, 0.2) is 0 Å². The van der Waals surface area contributed by atoms with Crippen LogP contribution in [0, 0.1) is 5.41 Å². The van der Waals surface area contributed by atoms with Crippen LogP contribution >= 0.6 is 15.9 Å². The van der Waals surface area contributed by atoms with Gasteiger partial charge < -0.3 is 9.64 Å². The molecule has 0 spiro atoms. The van der Waals surface area contributed by atoms with Gasteiger partial charge in [0.1, 0.15) is 0 Å². The first-order chi connectivity index (χ1) is 6.13. The molecule has 1 rings (SSSR count). The normalized spacial score (nSPS) is 21.9. The quantitative estimate of drug-likeness (QED) is 0.669. The molecule has 0 radical (unpaired) electrons. The zero-order valence-electron chi connectivity index (χ0n) is 8.85. The number of hydrogen-bond donors (Lipinski definition) is 0. The summed E-state index contributed by atoms with van der Waals surface area (Å²) in [4.78, 5) is 2.40. The number of halogens is 1. The molecule has 0 saturated heterocycles. The molecule has 0 aromatic rings. The summed E-state index contributed by atoms with van der Waals surface area (Å²) >= 11 is 3.59. The lowest BCUT2D eigenvalue weighted by molar-refractivity contribution is 0.105. The molecule has 1 atom stereocenters.